The lowest BCUT2D eigenvalue weighted by Gasteiger charge is -2.17. The van der Waals surface area contributed by atoms with Gasteiger partial charge in [0.1, 0.15) is 0 Å². The number of para-hydroxylation sites is 1. The number of rotatable bonds is 4. The molecule has 1 aromatic carbocycles. The molecule has 2 aromatic rings. The Balaban J connectivity index is 1.80. The molecule has 1 aliphatic rings. The number of hydrogen-bond donors (Lipinski definition) is 1. The van der Waals surface area contributed by atoms with Gasteiger partial charge in [-0.2, -0.15) is 5.10 Å². The van der Waals surface area contributed by atoms with Crippen LogP contribution in [0.1, 0.15) is 31.4 Å². The van der Waals surface area contributed by atoms with Crippen molar-refractivity contribution in [3.8, 4) is 5.69 Å². The third-order valence-electron chi connectivity index (χ3n) is 3.94. The van der Waals surface area contributed by atoms with Crippen molar-refractivity contribution in [1.29, 1.82) is 0 Å². The summed E-state index contributed by atoms with van der Waals surface area (Å²) in [6.07, 6.45) is 6.62. The minimum absolute atomic E-state index is 0.106. The van der Waals surface area contributed by atoms with E-state index in [0.29, 0.717) is 5.92 Å². The molecule has 1 fully saturated rings. The van der Waals surface area contributed by atoms with E-state index in [9.17, 15) is 0 Å². The molecule has 0 radical (unpaired) electrons. The molecule has 0 saturated heterocycles. The zero-order valence-corrected chi connectivity index (χ0v) is 10.7. The largest absolute Gasteiger partial charge is 0.324 e. The van der Waals surface area contributed by atoms with Gasteiger partial charge < -0.3 is 5.73 Å². The topological polar surface area (TPSA) is 43.8 Å². The highest BCUT2D eigenvalue weighted by Crippen LogP contribution is 2.41. The van der Waals surface area contributed by atoms with E-state index >= 15 is 0 Å². The lowest BCUT2D eigenvalue weighted by atomic mass is 9.93. The second kappa shape index (κ2) is 4.58. The summed E-state index contributed by atoms with van der Waals surface area (Å²) in [5, 5.41) is 4.41. The molecule has 3 nitrogen and oxygen atoms in total. The second-order valence-electron chi connectivity index (χ2n) is 5.28. The third-order valence-corrected chi connectivity index (χ3v) is 3.94. The van der Waals surface area contributed by atoms with Crippen LogP contribution in [0, 0.1) is 11.8 Å². The van der Waals surface area contributed by atoms with E-state index in [1.54, 1.807) is 0 Å². The van der Waals surface area contributed by atoms with Crippen molar-refractivity contribution < 1.29 is 0 Å². The highest BCUT2D eigenvalue weighted by molar-refractivity contribution is 5.31. The van der Waals surface area contributed by atoms with E-state index in [0.717, 1.165) is 17.2 Å². The van der Waals surface area contributed by atoms with Gasteiger partial charge in [-0.05, 0) is 36.8 Å². The maximum Gasteiger partial charge on any atom is 0.0645 e. The van der Waals surface area contributed by atoms with E-state index < -0.39 is 0 Å². The summed E-state index contributed by atoms with van der Waals surface area (Å²) in [5.41, 5.74) is 8.53. The van der Waals surface area contributed by atoms with Gasteiger partial charge >= 0.3 is 0 Å². The van der Waals surface area contributed by atoms with E-state index in [4.69, 9.17) is 5.73 Å². The van der Waals surface area contributed by atoms with Crippen LogP contribution >= 0.6 is 0 Å². The first-order chi connectivity index (χ1) is 8.75. The van der Waals surface area contributed by atoms with Crippen molar-refractivity contribution in [2.24, 2.45) is 17.6 Å². The first kappa shape index (κ1) is 11.5. The second-order valence-corrected chi connectivity index (χ2v) is 5.28. The van der Waals surface area contributed by atoms with Gasteiger partial charge in [-0.1, -0.05) is 25.1 Å². The van der Waals surface area contributed by atoms with Crippen molar-refractivity contribution in [1.82, 2.24) is 9.78 Å². The van der Waals surface area contributed by atoms with Gasteiger partial charge in [0, 0.05) is 17.8 Å². The Morgan fingerprint density at radius 3 is 2.67 bits per heavy atom. The first-order valence-electron chi connectivity index (χ1n) is 6.61. The molecule has 3 heteroatoms. The molecule has 2 unspecified atom stereocenters. The average Bonchev–Trinajstić information content (AvgIpc) is 3.15. The minimum atomic E-state index is 0.106. The van der Waals surface area contributed by atoms with Crippen LogP contribution in [-0.4, -0.2) is 9.78 Å². The fourth-order valence-electron chi connectivity index (χ4n) is 2.45. The molecule has 1 aliphatic carbocycles. The first-order valence-corrected chi connectivity index (χ1v) is 6.61. The minimum Gasteiger partial charge on any atom is -0.324 e. The number of hydrogen-bond acceptors (Lipinski definition) is 2. The van der Waals surface area contributed by atoms with Gasteiger partial charge in [0.25, 0.3) is 0 Å². The maximum absolute atomic E-state index is 6.32. The molecular formula is C15H19N3. The van der Waals surface area contributed by atoms with Crippen molar-refractivity contribution in [3.05, 3.63) is 48.3 Å². The van der Waals surface area contributed by atoms with Gasteiger partial charge in [0.2, 0.25) is 0 Å². The lowest BCUT2D eigenvalue weighted by Crippen LogP contribution is -2.20. The highest BCUT2D eigenvalue weighted by Gasteiger charge is 2.32. The molecule has 1 aromatic heterocycles. The van der Waals surface area contributed by atoms with Crippen molar-refractivity contribution in [2.75, 3.05) is 0 Å². The smallest absolute Gasteiger partial charge is 0.0645 e. The standard InChI is InChI=1S/C15H19N3/c1-11(12-7-8-12)15(16)13-9-17-18(10-13)14-5-3-2-4-6-14/h2-6,9-12,15H,7-8,16H2,1H3. The Labute approximate surface area is 108 Å². The van der Waals surface area contributed by atoms with Crippen molar-refractivity contribution >= 4 is 0 Å². The van der Waals surface area contributed by atoms with E-state index in [1.165, 1.54) is 12.8 Å². The predicted molar refractivity (Wildman–Crippen MR) is 72.4 cm³/mol. The van der Waals surface area contributed by atoms with Crippen LogP contribution in [0.2, 0.25) is 0 Å². The summed E-state index contributed by atoms with van der Waals surface area (Å²) in [5.74, 6) is 1.37. The zero-order valence-electron chi connectivity index (χ0n) is 10.7. The predicted octanol–water partition coefficient (Wildman–Crippen LogP) is 2.92. The Morgan fingerprint density at radius 1 is 1.28 bits per heavy atom. The third kappa shape index (κ3) is 2.18. The number of aromatic nitrogens is 2. The summed E-state index contributed by atoms with van der Waals surface area (Å²) < 4.78 is 1.90. The van der Waals surface area contributed by atoms with Crippen LogP contribution in [0.3, 0.4) is 0 Å². The number of nitrogens with zero attached hydrogens (tertiary/aromatic N) is 2. The number of nitrogens with two attached hydrogens (primary N) is 1. The fraction of sp³-hybridized carbons (Fsp3) is 0.400. The number of benzene rings is 1. The van der Waals surface area contributed by atoms with Gasteiger partial charge in [0.15, 0.2) is 0 Å². The molecule has 18 heavy (non-hydrogen) atoms. The molecule has 0 amide bonds. The molecule has 2 N–H and O–H groups in total. The highest BCUT2D eigenvalue weighted by atomic mass is 15.3. The van der Waals surface area contributed by atoms with Crippen LogP contribution in [-0.2, 0) is 0 Å². The Morgan fingerprint density at radius 2 is 2.00 bits per heavy atom. The Kier molecular flexibility index (Phi) is 2.92. The average molecular weight is 241 g/mol. The van der Waals surface area contributed by atoms with Crippen LogP contribution in [0.25, 0.3) is 5.69 Å². The molecule has 2 atom stereocenters. The lowest BCUT2D eigenvalue weighted by molar-refractivity contribution is 0.417. The summed E-state index contributed by atoms with van der Waals surface area (Å²) >= 11 is 0. The summed E-state index contributed by atoms with van der Waals surface area (Å²) in [7, 11) is 0. The quantitative estimate of drug-likeness (QED) is 0.894. The van der Waals surface area contributed by atoms with Gasteiger partial charge in [-0.25, -0.2) is 4.68 Å². The Bertz CT molecular complexity index is 514. The fourth-order valence-corrected chi connectivity index (χ4v) is 2.45. The summed E-state index contributed by atoms with van der Waals surface area (Å²) in [6.45, 7) is 2.25. The monoisotopic (exact) mass is 241 g/mol. The van der Waals surface area contributed by atoms with Crippen molar-refractivity contribution in [2.45, 2.75) is 25.8 Å². The van der Waals surface area contributed by atoms with Crippen LogP contribution in [0.5, 0.6) is 0 Å². The molecular weight excluding hydrogens is 222 g/mol. The SMILES string of the molecule is CC(C1CC1)C(N)c1cnn(-c2ccccc2)c1. The molecule has 0 bridgehead atoms. The van der Waals surface area contributed by atoms with Crippen LogP contribution < -0.4 is 5.73 Å². The van der Waals surface area contributed by atoms with Crippen LogP contribution in [0.4, 0.5) is 0 Å². The normalized spacial score (nSPS) is 18.6. The molecule has 0 spiro atoms. The molecule has 3 rings (SSSR count). The molecule has 1 heterocycles. The maximum atomic E-state index is 6.32. The van der Waals surface area contributed by atoms with E-state index in [1.807, 2.05) is 41.2 Å². The molecule has 94 valence electrons. The van der Waals surface area contributed by atoms with Gasteiger partial charge in [-0.3, -0.25) is 0 Å². The van der Waals surface area contributed by atoms with E-state index in [2.05, 4.69) is 18.2 Å². The van der Waals surface area contributed by atoms with Crippen molar-refractivity contribution in [3.63, 3.8) is 0 Å². The summed E-state index contributed by atoms with van der Waals surface area (Å²) in [4.78, 5) is 0. The summed E-state index contributed by atoms with van der Waals surface area (Å²) in [6, 6.07) is 10.2. The van der Waals surface area contributed by atoms with Gasteiger partial charge in [-0.15, -0.1) is 0 Å². The molecule has 1 saturated carbocycles. The molecule has 0 aliphatic heterocycles. The zero-order chi connectivity index (χ0) is 12.5. The van der Waals surface area contributed by atoms with E-state index in [-0.39, 0.29) is 6.04 Å². The van der Waals surface area contributed by atoms with Crippen LogP contribution in [0.15, 0.2) is 42.7 Å². The Hall–Kier alpha value is -1.61. The van der Waals surface area contributed by atoms with Gasteiger partial charge in [0.05, 0.1) is 11.9 Å².